The minimum atomic E-state index is 0.000757. The second-order valence-corrected chi connectivity index (χ2v) is 9.35. The van der Waals surface area contributed by atoms with Gasteiger partial charge in [0.2, 0.25) is 5.91 Å². The zero-order valence-electron chi connectivity index (χ0n) is 17.5. The number of nitrogens with one attached hydrogen (secondary N) is 1. The molecule has 1 aliphatic heterocycles. The van der Waals surface area contributed by atoms with Gasteiger partial charge in [-0.25, -0.2) is 0 Å². The molecule has 0 saturated carbocycles. The number of hydrogen-bond donors (Lipinski definition) is 1. The van der Waals surface area contributed by atoms with Crippen molar-refractivity contribution in [3.63, 3.8) is 0 Å². The molecule has 2 bridgehead atoms. The standard InChI is InChI=1S/C25H29ClN2O2/c1-2-30-15-24(29)27-18-9-11-28(12-10-18)16-25-14-21(19-5-3-4-6-22(19)25)20-8-7-17(26)13-23(20)25/h3-8,13,18,21H,2,9-12,14-16H2,1H3,(H,27,29)/t21-,25-/m0/s1. The van der Waals surface area contributed by atoms with E-state index in [9.17, 15) is 4.79 Å². The third kappa shape index (κ3) is 3.35. The van der Waals surface area contributed by atoms with E-state index in [-0.39, 0.29) is 24.0 Å². The van der Waals surface area contributed by atoms with Gasteiger partial charge in [-0.2, -0.15) is 0 Å². The summed E-state index contributed by atoms with van der Waals surface area (Å²) in [4.78, 5) is 14.6. The van der Waals surface area contributed by atoms with Crippen LogP contribution in [0.3, 0.4) is 0 Å². The van der Waals surface area contributed by atoms with Gasteiger partial charge in [0.05, 0.1) is 0 Å². The van der Waals surface area contributed by atoms with Gasteiger partial charge in [0.1, 0.15) is 6.61 Å². The maximum atomic E-state index is 12.0. The van der Waals surface area contributed by atoms with Crippen LogP contribution in [-0.4, -0.2) is 49.7 Å². The van der Waals surface area contributed by atoms with Crippen LogP contribution < -0.4 is 5.32 Å². The van der Waals surface area contributed by atoms with E-state index in [1.807, 2.05) is 13.0 Å². The first-order valence-electron chi connectivity index (χ1n) is 11.1. The summed E-state index contributed by atoms with van der Waals surface area (Å²) in [5.41, 5.74) is 5.89. The number of carbonyl (C=O) groups excluding carboxylic acids is 1. The van der Waals surface area contributed by atoms with Gasteiger partial charge in [-0.3, -0.25) is 4.79 Å². The van der Waals surface area contributed by atoms with Crippen molar-refractivity contribution in [3.05, 3.63) is 69.7 Å². The first kappa shape index (κ1) is 20.0. The fourth-order valence-corrected chi connectivity index (χ4v) is 6.07. The van der Waals surface area contributed by atoms with Gasteiger partial charge in [0.15, 0.2) is 0 Å². The Morgan fingerprint density at radius 2 is 1.93 bits per heavy atom. The van der Waals surface area contributed by atoms with Crippen molar-refractivity contribution in [2.24, 2.45) is 0 Å². The summed E-state index contributed by atoms with van der Waals surface area (Å²) in [6.45, 7) is 5.67. The molecule has 1 fully saturated rings. The normalized spacial score (nSPS) is 25.2. The molecule has 4 nitrogen and oxygen atoms in total. The molecule has 1 amide bonds. The van der Waals surface area contributed by atoms with Crippen LogP contribution in [0.4, 0.5) is 0 Å². The van der Waals surface area contributed by atoms with E-state index >= 15 is 0 Å². The summed E-state index contributed by atoms with van der Waals surface area (Å²) in [6, 6.07) is 15.7. The predicted molar refractivity (Wildman–Crippen MR) is 119 cm³/mol. The summed E-state index contributed by atoms with van der Waals surface area (Å²) in [6.07, 6.45) is 3.12. The van der Waals surface area contributed by atoms with Gasteiger partial charge < -0.3 is 15.0 Å². The Labute approximate surface area is 183 Å². The second kappa shape index (κ2) is 7.99. The van der Waals surface area contributed by atoms with E-state index < -0.39 is 0 Å². The molecule has 5 heteroatoms. The Kier molecular flexibility index (Phi) is 5.34. The summed E-state index contributed by atoms with van der Waals surface area (Å²) in [5.74, 6) is 0.490. The van der Waals surface area contributed by atoms with Gasteiger partial charge in [0.25, 0.3) is 0 Å². The predicted octanol–water partition coefficient (Wildman–Crippen LogP) is 4.09. The lowest BCUT2D eigenvalue weighted by atomic mass is 9.74. The first-order valence-corrected chi connectivity index (χ1v) is 11.5. The average Bonchev–Trinajstić information content (AvgIpc) is 3.25. The molecule has 158 valence electrons. The topological polar surface area (TPSA) is 41.6 Å². The van der Waals surface area contributed by atoms with Crippen molar-refractivity contribution in [2.75, 3.05) is 32.8 Å². The molecule has 2 atom stereocenters. The highest BCUT2D eigenvalue weighted by atomic mass is 35.5. The number of halogens is 1. The molecule has 0 aromatic heterocycles. The van der Waals surface area contributed by atoms with Crippen LogP contribution in [0.5, 0.6) is 0 Å². The number of carbonyl (C=O) groups is 1. The van der Waals surface area contributed by atoms with Crippen LogP contribution in [0.2, 0.25) is 5.02 Å². The molecule has 0 spiro atoms. The number of amides is 1. The van der Waals surface area contributed by atoms with Crippen LogP contribution in [0.15, 0.2) is 42.5 Å². The lowest BCUT2D eigenvalue weighted by Gasteiger charge is -2.40. The molecule has 2 aliphatic carbocycles. The molecule has 1 heterocycles. The summed E-state index contributed by atoms with van der Waals surface area (Å²) in [5, 5.41) is 3.96. The Morgan fingerprint density at radius 1 is 1.17 bits per heavy atom. The average molecular weight is 425 g/mol. The quantitative estimate of drug-likeness (QED) is 0.759. The van der Waals surface area contributed by atoms with Crippen molar-refractivity contribution < 1.29 is 9.53 Å². The summed E-state index contributed by atoms with van der Waals surface area (Å²) >= 11 is 6.43. The highest BCUT2D eigenvalue weighted by Crippen LogP contribution is 2.60. The van der Waals surface area contributed by atoms with E-state index in [4.69, 9.17) is 16.3 Å². The molecule has 5 rings (SSSR count). The largest absolute Gasteiger partial charge is 0.372 e. The lowest BCUT2D eigenvalue weighted by molar-refractivity contribution is -0.126. The molecule has 0 radical (unpaired) electrons. The maximum absolute atomic E-state index is 12.0. The van der Waals surface area contributed by atoms with E-state index in [0.29, 0.717) is 12.5 Å². The van der Waals surface area contributed by atoms with Crippen LogP contribution in [0, 0.1) is 0 Å². The van der Waals surface area contributed by atoms with Gasteiger partial charge >= 0.3 is 0 Å². The molecule has 0 unspecified atom stereocenters. The second-order valence-electron chi connectivity index (χ2n) is 8.91. The van der Waals surface area contributed by atoms with E-state index in [2.05, 4.69) is 46.6 Å². The smallest absolute Gasteiger partial charge is 0.246 e. The Balaban J connectivity index is 1.33. The van der Waals surface area contributed by atoms with E-state index in [1.54, 1.807) is 0 Å². The summed E-state index contributed by atoms with van der Waals surface area (Å²) < 4.78 is 5.22. The maximum Gasteiger partial charge on any atom is 0.246 e. The van der Waals surface area contributed by atoms with Crippen molar-refractivity contribution in [2.45, 2.75) is 43.6 Å². The van der Waals surface area contributed by atoms with Crippen LogP contribution in [0.1, 0.15) is 54.4 Å². The van der Waals surface area contributed by atoms with E-state index in [0.717, 1.165) is 43.9 Å². The molecule has 1 N–H and O–H groups in total. The molecule has 1 saturated heterocycles. The fourth-order valence-electron chi connectivity index (χ4n) is 5.90. The fraction of sp³-hybridized carbons (Fsp3) is 0.480. The molecule has 2 aromatic rings. The Hall–Kier alpha value is -1.88. The number of hydrogen-bond acceptors (Lipinski definition) is 3. The first-order chi connectivity index (χ1) is 14.6. The number of rotatable bonds is 6. The number of ether oxygens (including phenoxy) is 1. The van der Waals surface area contributed by atoms with Crippen molar-refractivity contribution in [1.82, 2.24) is 10.2 Å². The van der Waals surface area contributed by atoms with Crippen LogP contribution in [-0.2, 0) is 14.9 Å². The van der Waals surface area contributed by atoms with Crippen LogP contribution in [0.25, 0.3) is 0 Å². The van der Waals surface area contributed by atoms with Gasteiger partial charge in [-0.1, -0.05) is 41.9 Å². The number of nitrogens with zero attached hydrogens (tertiary/aromatic N) is 1. The van der Waals surface area contributed by atoms with Gasteiger partial charge in [0, 0.05) is 48.6 Å². The third-order valence-electron chi connectivity index (χ3n) is 7.19. The number of likely N-dealkylation sites (tertiary alicyclic amines) is 1. The van der Waals surface area contributed by atoms with Crippen LogP contribution >= 0.6 is 11.6 Å². The highest BCUT2D eigenvalue weighted by Gasteiger charge is 2.53. The van der Waals surface area contributed by atoms with Crippen molar-refractivity contribution >= 4 is 17.5 Å². The van der Waals surface area contributed by atoms with Gasteiger partial charge in [-0.15, -0.1) is 0 Å². The van der Waals surface area contributed by atoms with E-state index in [1.165, 1.54) is 22.3 Å². The minimum absolute atomic E-state index is 0.000757. The zero-order valence-corrected chi connectivity index (χ0v) is 18.3. The Morgan fingerprint density at radius 3 is 2.73 bits per heavy atom. The molecular weight excluding hydrogens is 396 g/mol. The lowest BCUT2D eigenvalue weighted by Crippen LogP contribution is -2.49. The zero-order chi connectivity index (χ0) is 20.7. The van der Waals surface area contributed by atoms with Gasteiger partial charge in [-0.05, 0) is 60.6 Å². The molecule has 2 aromatic carbocycles. The summed E-state index contributed by atoms with van der Waals surface area (Å²) in [7, 11) is 0. The SMILES string of the molecule is CCOCC(=O)NC1CCN(C[C@@]23C[C@@H](c4ccccc42)c2ccc(Cl)cc23)CC1. The molecular formula is C25H29ClN2O2. The Bertz CT molecular complexity index is 954. The number of fused-ring (bicyclic) bond motifs is 8. The highest BCUT2D eigenvalue weighted by molar-refractivity contribution is 6.30. The molecule has 3 aliphatic rings. The monoisotopic (exact) mass is 424 g/mol. The number of benzene rings is 2. The minimum Gasteiger partial charge on any atom is -0.372 e. The van der Waals surface area contributed by atoms with Crippen molar-refractivity contribution in [3.8, 4) is 0 Å². The molecule has 30 heavy (non-hydrogen) atoms. The van der Waals surface area contributed by atoms with Crippen molar-refractivity contribution in [1.29, 1.82) is 0 Å². The number of piperidine rings is 1. The third-order valence-corrected chi connectivity index (χ3v) is 7.43.